The molecule has 0 aliphatic heterocycles. The van der Waals surface area contributed by atoms with Gasteiger partial charge in [0, 0.05) is 6.20 Å². The number of nitrogens with zero attached hydrogens (tertiary/aromatic N) is 2. The summed E-state index contributed by atoms with van der Waals surface area (Å²) >= 11 is 0. The number of rotatable bonds is 3. The number of amides is 2. The molecule has 0 aliphatic carbocycles. The zero-order valence-corrected chi connectivity index (χ0v) is 6.02. The molecule has 6 heteroatoms. The molecule has 12 heavy (non-hydrogen) atoms. The van der Waals surface area contributed by atoms with Gasteiger partial charge in [-0.25, -0.2) is 9.97 Å². The van der Waals surface area contributed by atoms with Gasteiger partial charge in [-0.2, -0.15) is 0 Å². The smallest absolute Gasteiger partial charge is 0.286 e. The maximum Gasteiger partial charge on any atom is 0.286 e. The van der Waals surface area contributed by atoms with Crippen LogP contribution in [0.1, 0.15) is 10.6 Å². The lowest BCUT2D eigenvalue weighted by Gasteiger charge is -1.97. The SMILES string of the molecule is NC(=O)c1nccc(NC=O)n1. The molecular formula is C6H6N4O2. The van der Waals surface area contributed by atoms with E-state index in [9.17, 15) is 9.59 Å². The summed E-state index contributed by atoms with van der Waals surface area (Å²) in [5.74, 6) is -0.611. The van der Waals surface area contributed by atoms with E-state index in [0.29, 0.717) is 6.41 Å². The summed E-state index contributed by atoms with van der Waals surface area (Å²) in [5, 5.41) is 2.26. The van der Waals surface area contributed by atoms with Crippen LogP contribution in [-0.2, 0) is 4.79 Å². The minimum absolute atomic E-state index is 0.123. The molecule has 0 radical (unpaired) electrons. The van der Waals surface area contributed by atoms with Gasteiger partial charge < -0.3 is 11.1 Å². The van der Waals surface area contributed by atoms with E-state index in [0.717, 1.165) is 0 Å². The van der Waals surface area contributed by atoms with Crippen LogP contribution in [-0.4, -0.2) is 22.3 Å². The van der Waals surface area contributed by atoms with Gasteiger partial charge in [0.2, 0.25) is 12.2 Å². The van der Waals surface area contributed by atoms with Gasteiger partial charge in [0.25, 0.3) is 5.91 Å². The molecule has 2 amide bonds. The highest BCUT2D eigenvalue weighted by Gasteiger charge is 2.03. The lowest BCUT2D eigenvalue weighted by Crippen LogP contribution is -2.15. The number of aromatic nitrogens is 2. The molecular weight excluding hydrogens is 160 g/mol. The van der Waals surface area contributed by atoms with Gasteiger partial charge in [0.15, 0.2) is 0 Å². The predicted octanol–water partition coefficient (Wildman–Crippen LogP) is -0.856. The Morgan fingerprint density at radius 1 is 1.67 bits per heavy atom. The molecule has 1 rings (SSSR count). The van der Waals surface area contributed by atoms with Gasteiger partial charge >= 0.3 is 0 Å². The van der Waals surface area contributed by atoms with Gasteiger partial charge in [0.1, 0.15) is 5.82 Å². The average Bonchev–Trinajstić information content (AvgIpc) is 2.05. The average molecular weight is 166 g/mol. The van der Waals surface area contributed by atoms with Crippen LogP contribution in [0, 0.1) is 0 Å². The second kappa shape index (κ2) is 3.42. The summed E-state index contributed by atoms with van der Waals surface area (Å²) in [5.41, 5.74) is 4.90. The number of hydrogen-bond acceptors (Lipinski definition) is 4. The summed E-state index contributed by atoms with van der Waals surface area (Å²) in [6, 6.07) is 1.45. The third-order valence-electron chi connectivity index (χ3n) is 1.08. The molecule has 0 saturated carbocycles. The number of anilines is 1. The van der Waals surface area contributed by atoms with Crippen molar-refractivity contribution in [3.8, 4) is 0 Å². The van der Waals surface area contributed by atoms with Crippen molar-refractivity contribution in [2.45, 2.75) is 0 Å². The second-order valence-corrected chi connectivity index (χ2v) is 1.89. The van der Waals surface area contributed by atoms with Crippen molar-refractivity contribution in [2.24, 2.45) is 5.73 Å². The molecule has 0 atom stereocenters. The van der Waals surface area contributed by atoms with Crippen molar-refractivity contribution in [2.75, 3.05) is 5.32 Å². The van der Waals surface area contributed by atoms with Crippen molar-refractivity contribution in [3.05, 3.63) is 18.1 Å². The first-order valence-electron chi connectivity index (χ1n) is 3.07. The zero-order valence-electron chi connectivity index (χ0n) is 6.02. The van der Waals surface area contributed by atoms with Crippen LogP contribution in [0.2, 0.25) is 0 Å². The first-order chi connectivity index (χ1) is 5.74. The highest BCUT2D eigenvalue weighted by Crippen LogP contribution is 1.98. The van der Waals surface area contributed by atoms with Gasteiger partial charge in [-0.3, -0.25) is 9.59 Å². The van der Waals surface area contributed by atoms with Crippen molar-refractivity contribution in [1.82, 2.24) is 9.97 Å². The molecule has 1 heterocycles. The molecule has 0 bridgehead atoms. The Labute approximate surface area is 67.8 Å². The van der Waals surface area contributed by atoms with Crippen molar-refractivity contribution in [3.63, 3.8) is 0 Å². The fourth-order valence-corrected chi connectivity index (χ4v) is 0.618. The van der Waals surface area contributed by atoms with Crippen LogP contribution in [0.15, 0.2) is 12.3 Å². The largest absolute Gasteiger partial charge is 0.363 e. The van der Waals surface area contributed by atoms with E-state index >= 15 is 0 Å². The molecule has 6 nitrogen and oxygen atoms in total. The van der Waals surface area contributed by atoms with Crippen molar-refractivity contribution < 1.29 is 9.59 Å². The number of carbonyl (C=O) groups is 2. The molecule has 0 saturated heterocycles. The van der Waals surface area contributed by atoms with E-state index in [-0.39, 0.29) is 11.6 Å². The highest BCUT2D eigenvalue weighted by atomic mass is 16.1. The molecule has 1 aromatic rings. The topological polar surface area (TPSA) is 98.0 Å². The Bertz CT molecular complexity index is 312. The summed E-state index contributed by atoms with van der Waals surface area (Å²) < 4.78 is 0. The maximum atomic E-state index is 10.5. The third kappa shape index (κ3) is 1.75. The Balaban J connectivity index is 2.95. The van der Waals surface area contributed by atoms with Gasteiger partial charge in [-0.15, -0.1) is 0 Å². The van der Waals surface area contributed by atoms with Crippen LogP contribution < -0.4 is 11.1 Å². The molecule has 0 aliphatic rings. The molecule has 0 unspecified atom stereocenters. The van der Waals surface area contributed by atoms with Crippen molar-refractivity contribution >= 4 is 18.1 Å². The molecule has 62 valence electrons. The molecule has 0 fully saturated rings. The minimum atomic E-state index is -0.732. The number of carbonyl (C=O) groups excluding carboxylic acids is 2. The van der Waals surface area contributed by atoms with Crippen molar-refractivity contribution in [1.29, 1.82) is 0 Å². The van der Waals surface area contributed by atoms with E-state index in [1.54, 1.807) is 0 Å². The Kier molecular flexibility index (Phi) is 2.32. The van der Waals surface area contributed by atoms with E-state index in [1.165, 1.54) is 12.3 Å². The van der Waals surface area contributed by atoms with Crippen LogP contribution >= 0.6 is 0 Å². The van der Waals surface area contributed by atoms with E-state index in [4.69, 9.17) is 5.73 Å². The second-order valence-electron chi connectivity index (χ2n) is 1.89. The highest BCUT2D eigenvalue weighted by molar-refractivity contribution is 5.89. The Hall–Kier alpha value is -1.98. The van der Waals surface area contributed by atoms with Crippen LogP contribution in [0.5, 0.6) is 0 Å². The lowest BCUT2D eigenvalue weighted by atomic mass is 10.5. The van der Waals surface area contributed by atoms with Crippen LogP contribution in [0.25, 0.3) is 0 Å². The van der Waals surface area contributed by atoms with Gasteiger partial charge in [-0.1, -0.05) is 0 Å². The first-order valence-corrected chi connectivity index (χ1v) is 3.07. The molecule has 0 spiro atoms. The number of hydrogen-bond donors (Lipinski definition) is 2. The Morgan fingerprint density at radius 3 is 3.00 bits per heavy atom. The van der Waals surface area contributed by atoms with Crippen LogP contribution in [0.3, 0.4) is 0 Å². The molecule has 1 aromatic heterocycles. The number of nitrogens with one attached hydrogen (secondary N) is 1. The summed E-state index contributed by atoms with van der Waals surface area (Å²) in [6.07, 6.45) is 1.78. The van der Waals surface area contributed by atoms with Gasteiger partial charge in [0.05, 0.1) is 0 Å². The van der Waals surface area contributed by atoms with Crippen LogP contribution in [0.4, 0.5) is 5.82 Å². The monoisotopic (exact) mass is 166 g/mol. The minimum Gasteiger partial charge on any atom is -0.363 e. The zero-order chi connectivity index (χ0) is 8.97. The maximum absolute atomic E-state index is 10.5. The van der Waals surface area contributed by atoms with E-state index in [2.05, 4.69) is 15.3 Å². The quantitative estimate of drug-likeness (QED) is 0.571. The number of primary amides is 1. The molecule has 3 N–H and O–H groups in total. The van der Waals surface area contributed by atoms with Gasteiger partial charge in [-0.05, 0) is 6.07 Å². The summed E-state index contributed by atoms with van der Waals surface area (Å²) in [4.78, 5) is 27.7. The summed E-state index contributed by atoms with van der Waals surface area (Å²) in [7, 11) is 0. The fraction of sp³-hybridized carbons (Fsp3) is 0. The predicted molar refractivity (Wildman–Crippen MR) is 40.2 cm³/mol. The molecule has 0 aromatic carbocycles. The standard InChI is InChI=1S/C6H6N4O2/c7-5(12)6-8-2-1-4(10-6)9-3-11/h1-3H,(H2,7,12)(H,8,9,10,11). The Morgan fingerprint density at radius 2 is 2.42 bits per heavy atom. The summed E-state index contributed by atoms with van der Waals surface area (Å²) in [6.45, 7) is 0. The van der Waals surface area contributed by atoms with E-state index < -0.39 is 5.91 Å². The normalized spacial score (nSPS) is 9.00. The third-order valence-corrected chi connectivity index (χ3v) is 1.08. The first kappa shape index (κ1) is 8.12. The lowest BCUT2D eigenvalue weighted by molar-refractivity contribution is -0.105. The number of nitrogens with two attached hydrogens (primary N) is 1. The fourth-order valence-electron chi connectivity index (χ4n) is 0.618. The van der Waals surface area contributed by atoms with E-state index in [1.807, 2.05) is 0 Å².